The Morgan fingerprint density at radius 3 is 3.00 bits per heavy atom. The van der Waals surface area contributed by atoms with Crippen LogP contribution in [0.3, 0.4) is 0 Å². The molecule has 16 heavy (non-hydrogen) atoms. The third-order valence-corrected chi connectivity index (χ3v) is 3.45. The van der Waals surface area contributed by atoms with E-state index in [1.54, 1.807) is 6.20 Å². The van der Waals surface area contributed by atoms with Gasteiger partial charge in [0.2, 0.25) is 0 Å². The predicted octanol–water partition coefficient (Wildman–Crippen LogP) is 2.17. The second-order valence-electron chi connectivity index (χ2n) is 4.38. The summed E-state index contributed by atoms with van der Waals surface area (Å²) in [6, 6.07) is 3.88. The standard InChI is InChI=1S/C12H16BrNO2/c1-8-4-9(7-16-8)12(15)5-11-3-2-10(13)6-14-11/h2-3,6,8-9,12,15H,4-5,7H2,1H3. The van der Waals surface area contributed by atoms with Crippen LogP contribution in [-0.2, 0) is 11.2 Å². The van der Waals surface area contributed by atoms with Crippen LogP contribution in [0.15, 0.2) is 22.8 Å². The Morgan fingerprint density at radius 2 is 2.44 bits per heavy atom. The molecule has 0 saturated carbocycles. The quantitative estimate of drug-likeness (QED) is 0.926. The minimum Gasteiger partial charge on any atom is -0.392 e. The van der Waals surface area contributed by atoms with Crippen LogP contribution < -0.4 is 0 Å². The van der Waals surface area contributed by atoms with Gasteiger partial charge in [0, 0.05) is 28.7 Å². The van der Waals surface area contributed by atoms with Crippen LogP contribution in [0.4, 0.5) is 0 Å². The van der Waals surface area contributed by atoms with E-state index in [-0.39, 0.29) is 18.1 Å². The van der Waals surface area contributed by atoms with Gasteiger partial charge in [-0.2, -0.15) is 0 Å². The number of halogens is 1. The molecule has 2 rings (SSSR count). The number of rotatable bonds is 3. The molecule has 3 unspecified atom stereocenters. The van der Waals surface area contributed by atoms with Gasteiger partial charge in [-0.15, -0.1) is 0 Å². The van der Waals surface area contributed by atoms with Crippen molar-refractivity contribution in [2.24, 2.45) is 5.92 Å². The van der Waals surface area contributed by atoms with Gasteiger partial charge >= 0.3 is 0 Å². The number of nitrogens with zero attached hydrogens (tertiary/aromatic N) is 1. The molecule has 88 valence electrons. The van der Waals surface area contributed by atoms with Crippen molar-refractivity contribution in [3.8, 4) is 0 Å². The first kappa shape index (κ1) is 12.0. The Hall–Kier alpha value is -0.450. The molecule has 1 aliphatic rings. The van der Waals surface area contributed by atoms with E-state index in [1.807, 2.05) is 19.1 Å². The van der Waals surface area contributed by atoms with E-state index in [1.165, 1.54) is 0 Å². The summed E-state index contributed by atoms with van der Waals surface area (Å²) in [7, 11) is 0. The number of hydrogen-bond acceptors (Lipinski definition) is 3. The van der Waals surface area contributed by atoms with Crippen LogP contribution in [-0.4, -0.2) is 28.9 Å². The fraction of sp³-hybridized carbons (Fsp3) is 0.583. The van der Waals surface area contributed by atoms with E-state index in [9.17, 15) is 5.11 Å². The maximum absolute atomic E-state index is 10.1. The highest BCUT2D eigenvalue weighted by Crippen LogP contribution is 2.24. The van der Waals surface area contributed by atoms with Crippen molar-refractivity contribution in [2.45, 2.75) is 32.0 Å². The molecule has 3 atom stereocenters. The van der Waals surface area contributed by atoms with E-state index in [0.717, 1.165) is 16.6 Å². The molecule has 1 saturated heterocycles. The molecule has 0 aliphatic carbocycles. The fourth-order valence-corrected chi connectivity index (χ4v) is 2.26. The topological polar surface area (TPSA) is 42.4 Å². The highest BCUT2D eigenvalue weighted by atomic mass is 79.9. The first-order valence-electron chi connectivity index (χ1n) is 5.55. The fourth-order valence-electron chi connectivity index (χ4n) is 2.03. The minimum absolute atomic E-state index is 0.250. The van der Waals surface area contributed by atoms with Gasteiger partial charge in [-0.1, -0.05) is 0 Å². The molecule has 1 N–H and O–H groups in total. The van der Waals surface area contributed by atoms with Crippen molar-refractivity contribution >= 4 is 15.9 Å². The van der Waals surface area contributed by atoms with Gasteiger partial charge in [-0.05, 0) is 41.4 Å². The van der Waals surface area contributed by atoms with Gasteiger partial charge in [0.05, 0.1) is 18.8 Å². The molecule has 3 nitrogen and oxygen atoms in total. The lowest BCUT2D eigenvalue weighted by molar-refractivity contribution is 0.0802. The summed E-state index contributed by atoms with van der Waals surface area (Å²) in [4.78, 5) is 4.26. The molecule has 0 bridgehead atoms. The summed E-state index contributed by atoms with van der Waals surface area (Å²) in [6.45, 7) is 2.71. The van der Waals surface area contributed by atoms with E-state index < -0.39 is 0 Å². The number of pyridine rings is 1. The van der Waals surface area contributed by atoms with Crippen molar-refractivity contribution in [3.63, 3.8) is 0 Å². The molecule has 0 aromatic carbocycles. The summed E-state index contributed by atoms with van der Waals surface area (Å²) in [5, 5.41) is 10.1. The van der Waals surface area contributed by atoms with Gasteiger partial charge in [-0.25, -0.2) is 0 Å². The van der Waals surface area contributed by atoms with Crippen molar-refractivity contribution in [3.05, 3.63) is 28.5 Å². The first-order chi connectivity index (χ1) is 7.65. The van der Waals surface area contributed by atoms with Gasteiger partial charge in [-0.3, -0.25) is 4.98 Å². The summed E-state index contributed by atoms with van der Waals surface area (Å²) < 4.78 is 6.42. The van der Waals surface area contributed by atoms with Crippen molar-refractivity contribution in [2.75, 3.05) is 6.61 Å². The van der Waals surface area contributed by atoms with Crippen LogP contribution in [0, 0.1) is 5.92 Å². The van der Waals surface area contributed by atoms with Gasteiger partial charge < -0.3 is 9.84 Å². The molecule has 0 amide bonds. The SMILES string of the molecule is CC1CC(C(O)Cc2ccc(Br)cn2)CO1. The molecule has 1 aliphatic heterocycles. The molecule has 0 radical (unpaired) electrons. The van der Waals surface area contributed by atoms with E-state index in [4.69, 9.17) is 4.74 Å². The Balaban J connectivity index is 1.91. The Labute approximate surface area is 104 Å². The lowest BCUT2D eigenvalue weighted by Crippen LogP contribution is -2.23. The minimum atomic E-state index is -0.348. The zero-order valence-corrected chi connectivity index (χ0v) is 10.9. The average Bonchev–Trinajstić information content (AvgIpc) is 2.68. The summed E-state index contributed by atoms with van der Waals surface area (Å²) >= 11 is 3.34. The van der Waals surface area contributed by atoms with E-state index >= 15 is 0 Å². The van der Waals surface area contributed by atoms with E-state index in [2.05, 4.69) is 20.9 Å². The van der Waals surface area contributed by atoms with Crippen molar-refractivity contribution in [1.82, 2.24) is 4.98 Å². The van der Waals surface area contributed by atoms with Gasteiger partial charge in [0.25, 0.3) is 0 Å². The Bertz CT molecular complexity index is 341. The molecule has 2 heterocycles. The van der Waals surface area contributed by atoms with Gasteiger partial charge in [0.15, 0.2) is 0 Å². The third kappa shape index (κ3) is 3.03. The molecule has 1 aromatic heterocycles. The Morgan fingerprint density at radius 1 is 1.62 bits per heavy atom. The van der Waals surface area contributed by atoms with Crippen LogP contribution in [0.25, 0.3) is 0 Å². The maximum atomic E-state index is 10.1. The maximum Gasteiger partial charge on any atom is 0.0646 e. The van der Waals surface area contributed by atoms with Crippen LogP contribution >= 0.6 is 15.9 Å². The smallest absolute Gasteiger partial charge is 0.0646 e. The van der Waals surface area contributed by atoms with Crippen LogP contribution in [0.1, 0.15) is 19.0 Å². The predicted molar refractivity (Wildman–Crippen MR) is 65.2 cm³/mol. The molecule has 4 heteroatoms. The Kier molecular flexibility index (Phi) is 3.95. The second kappa shape index (κ2) is 5.25. The number of aliphatic hydroxyl groups is 1. The highest BCUT2D eigenvalue weighted by molar-refractivity contribution is 9.10. The van der Waals surface area contributed by atoms with Crippen LogP contribution in [0.2, 0.25) is 0 Å². The molecule has 0 spiro atoms. The normalized spacial score (nSPS) is 26.9. The largest absolute Gasteiger partial charge is 0.392 e. The third-order valence-electron chi connectivity index (χ3n) is 2.98. The number of ether oxygens (including phenoxy) is 1. The first-order valence-corrected chi connectivity index (χ1v) is 6.34. The number of aromatic nitrogens is 1. The number of aliphatic hydroxyl groups excluding tert-OH is 1. The lowest BCUT2D eigenvalue weighted by Gasteiger charge is -2.15. The average molecular weight is 286 g/mol. The second-order valence-corrected chi connectivity index (χ2v) is 5.29. The molecular formula is C12H16BrNO2. The van der Waals surface area contributed by atoms with Crippen molar-refractivity contribution in [1.29, 1.82) is 0 Å². The molecule has 1 fully saturated rings. The zero-order chi connectivity index (χ0) is 11.5. The molecule has 1 aromatic rings. The van der Waals surface area contributed by atoms with Crippen molar-refractivity contribution < 1.29 is 9.84 Å². The number of hydrogen-bond donors (Lipinski definition) is 1. The summed E-state index contributed by atoms with van der Waals surface area (Å²) in [5.41, 5.74) is 0.926. The zero-order valence-electron chi connectivity index (χ0n) is 9.27. The summed E-state index contributed by atoms with van der Waals surface area (Å²) in [6.07, 6.45) is 3.23. The highest BCUT2D eigenvalue weighted by Gasteiger charge is 2.28. The van der Waals surface area contributed by atoms with E-state index in [0.29, 0.717) is 13.0 Å². The summed E-state index contributed by atoms with van der Waals surface area (Å²) in [5.74, 6) is 0.250. The molecular weight excluding hydrogens is 270 g/mol. The van der Waals surface area contributed by atoms with Gasteiger partial charge in [0.1, 0.15) is 0 Å². The lowest BCUT2D eigenvalue weighted by atomic mass is 9.96. The monoisotopic (exact) mass is 285 g/mol. The van der Waals surface area contributed by atoms with Crippen LogP contribution in [0.5, 0.6) is 0 Å².